The molecule has 0 N–H and O–H groups in total. The van der Waals surface area contributed by atoms with Gasteiger partial charge in [0.15, 0.2) is 0 Å². The molecule has 0 radical (unpaired) electrons. The van der Waals surface area contributed by atoms with Gasteiger partial charge in [-0.3, -0.25) is 0 Å². The first-order valence-corrected chi connectivity index (χ1v) is 7.83. The summed E-state index contributed by atoms with van der Waals surface area (Å²) < 4.78 is 0. The highest BCUT2D eigenvalue weighted by molar-refractivity contribution is 7.95. The summed E-state index contributed by atoms with van der Waals surface area (Å²) in [5.41, 5.74) is 2.93. The minimum Gasteiger partial charge on any atom is -0.0622 e. The lowest BCUT2D eigenvalue weighted by Crippen LogP contribution is -2.11. The Kier molecular flexibility index (Phi) is 4.69. The smallest absolute Gasteiger partial charge is 0.0622 e. The topological polar surface area (TPSA) is 0 Å². The molecule has 0 fully saturated rings. The van der Waals surface area contributed by atoms with Gasteiger partial charge >= 0.3 is 0 Å². The molecule has 1 heteroatoms. The van der Waals surface area contributed by atoms with Crippen LogP contribution in [0.15, 0.2) is 60.7 Å². The maximum Gasteiger partial charge on any atom is 0.133 e. The van der Waals surface area contributed by atoms with Gasteiger partial charge < -0.3 is 0 Å². The van der Waals surface area contributed by atoms with Gasteiger partial charge in [-0.05, 0) is 17.8 Å². The van der Waals surface area contributed by atoms with E-state index >= 15 is 0 Å². The maximum absolute atomic E-state index is 2.30. The van der Waals surface area contributed by atoms with E-state index in [0.29, 0.717) is 10.9 Å². The molecule has 0 unspecified atom stereocenters. The summed E-state index contributed by atoms with van der Waals surface area (Å²) >= 11 is 0. The summed E-state index contributed by atoms with van der Waals surface area (Å²) in [5.74, 6) is 3.70. The molecule has 17 heavy (non-hydrogen) atoms. The van der Waals surface area contributed by atoms with Crippen molar-refractivity contribution in [1.82, 2.24) is 0 Å². The van der Waals surface area contributed by atoms with Crippen LogP contribution in [0.5, 0.6) is 0 Å². The Morgan fingerprint density at radius 3 is 1.47 bits per heavy atom. The van der Waals surface area contributed by atoms with Crippen LogP contribution < -0.4 is 0 Å². The van der Waals surface area contributed by atoms with Crippen molar-refractivity contribution < 1.29 is 0 Å². The van der Waals surface area contributed by atoms with Crippen molar-refractivity contribution in [3.05, 3.63) is 71.8 Å². The summed E-state index contributed by atoms with van der Waals surface area (Å²) in [6.07, 6.45) is 0. The number of hydrogen-bond acceptors (Lipinski definition) is 0. The number of benzene rings is 2. The van der Waals surface area contributed by atoms with Gasteiger partial charge in [-0.25, -0.2) is 0 Å². The molecule has 0 heterocycles. The van der Waals surface area contributed by atoms with Gasteiger partial charge in [0.25, 0.3) is 0 Å². The van der Waals surface area contributed by atoms with E-state index in [1.54, 1.807) is 0 Å². The molecule has 0 aliphatic heterocycles. The van der Waals surface area contributed by atoms with Crippen LogP contribution in [0.3, 0.4) is 0 Å². The average molecular weight is 243 g/mol. The fourth-order valence-corrected chi connectivity index (χ4v) is 3.71. The minimum atomic E-state index is 0.467. The summed E-state index contributed by atoms with van der Waals surface area (Å²) in [6.45, 7) is 2.30. The van der Waals surface area contributed by atoms with Crippen molar-refractivity contribution in [3.8, 4) is 0 Å². The normalized spacial score (nSPS) is 10.7. The highest BCUT2D eigenvalue weighted by Gasteiger charge is 2.16. The Morgan fingerprint density at radius 2 is 1.12 bits per heavy atom. The van der Waals surface area contributed by atoms with Crippen molar-refractivity contribution in [1.29, 1.82) is 0 Å². The quantitative estimate of drug-likeness (QED) is 0.696. The minimum absolute atomic E-state index is 0.467. The second-order valence-electron chi connectivity index (χ2n) is 4.16. The van der Waals surface area contributed by atoms with Crippen molar-refractivity contribution >= 4 is 10.9 Å². The number of rotatable bonds is 5. The van der Waals surface area contributed by atoms with E-state index in [9.17, 15) is 0 Å². The largest absolute Gasteiger partial charge is 0.133 e. The van der Waals surface area contributed by atoms with E-state index in [1.165, 1.54) is 28.4 Å². The molecule has 0 atom stereocenters. The molecular weight excluding hydrogens is 224 g/mol. The Balaban J connectivity index is 1.98. The summed E-state index contributed by atoms with van der Waals surface area (Å²) in [7, 11) is 0.467. The first kappa shape index (κ1) is 12.3. The summed E-state index contributed by atoms with van der Waals surface area (Å²) in [5, 5.41) is 0. The third-order valence-electron chi connectivity index (χ3n) is 2.84. The molecule has 2 aromatic rings. The van der Waals surface area contributed by atoms with Crippen LogP contribution in [-0.2, 0) is 22.4 Å². The van der Waals surface area contributed by atoms with E-state index < -0.39 is 0 Å². The van der Waals surface area contributed by atoms with E-state index in [0.717, 1.165) is 0 Å². The standard InChI is InChI=1S/C16H19S/c1-2-17(13-15-9-5-3-6-10-15)14-16-11-7-4-8-12-16/h3-12H,2,13-14H2,1H3/q+1. The van der Waals surface area contributed by atoms with Crippen molar-refractivity contribution in [2.75, 3.05) is 5.75 Å². The molecule has 0 amide bonds. The predicted molar refractivity (Wildman–Crippen MR) is 78.2 cm³/mol. The third kappa shape index (κ3) is 3.94. The lowest BCUT2D eigenvalue weighted by molar-refractivity contribution is 1.30. The third-order valence-corrected chi connectivity index (χ3v) is 5.14. The van der Waals surface area contributed by atoms with E-state index in [4.69, 9.17) is 0 Å². The van der Waals surface area contributed by atoms with Crippen LogP contribution in [0.4, 0.5) is 0 Å². The molecule has 0 bridgehead atoms. The predicted octanol–water partition coefficient (Wildman–Crippen LogP) is 4.03. The van der Waals surface area contributed by atoms with Crippen LogP contribution in [0.25, 0.3) is 0 Å². The Bertz CT molecular complexity index is 380. The van der Waals surface area contributed by atoms with Crippen molar-refractivity contribution in [3.63, 3.8) is 0 Å². The first-order valence-electron chi connectivity index (χ1n) is 6.10. The zero-order valence-corrected chi connectivity index (χ0v) is 11.1. The van der Waals surface area contributed by atoms with Crippen molar-refractivity contribution in [2.24, 2.45) is 0 Å². The Hall–Kier alpha value is -1.21. The van der Waals surface area contributed by atoms with Crippen molar-refractivity contribution in [2.45, 2.75) is 18.4 Å². The second kappa shape index (κ2) is 6.51. The molecule has 0 aliphatic carbocycles. The van der Waals surface area contributed by atoms with Gasteiger partial charge in [-0.15, -0.1) is 0 Å². The SMILES string of the molecule is CC[S+](Cc1ccccc1)Cc1ccccc1. The van der Waals surface area contributed by atoms with E-state index in [2.05, 4.69) is 67.6 Å². The second-order valence-corrected chi connectivity index (χ2v) is 6.54. The highest BCUT2D eigenvalue weighted by atomic mass is 32.2. The van der Waals surface area contributed by atoms with Crippen LogP contribution in [0.2, 0.25) is 0 Å². The lowest BCUT2D eigenvalue weighted by atomic mass is 10.2. The van der Waals surface area contributed by atoms with Crippen LogP contribution in [0, 0.1) is 0 Å². The van der Waals surface area contributed by atoms with Gasteiger partial charge in [0.2, 0.25) is 0 Å². The molecule has 0 saturated carbocycles. The van der Waals surface area contributed by atoms with E-state index in [1.807, 2.05) is 0 Å². The lowest BCUT2D eigenvalue weighted by Gasteiger charge is -2.07. The van der Waals surface area contributed by atoms with Gasteiger partial charge in [-0.1, -0.05) is 60.7 Å². The molecule has 0 saturated heterocycles. The highest BCUT2D eigenvalue weighted by Crippen LogP contribution is 2.14. The van der Waals surface area contributed by atoms with Gasteiger partial charge in [0, 0.05) is 11.1 Å². The molecule has 0 aromatic heterocycles. The monoisotopic (exact) mass is 243 g/mol. The van der Waals surface area contributed by atoms with Gasteiger partial charge in [0.1, 0.15) is 17.3 Å². The molecular formula is C16H19S+. The first-order chi connectivity index (χ1) is 8.38. The molecule has 0 aliphatic rings. The maximum atomic E-state index is 2.30. The molecule has 2 aromatic carbocycles. The van der Waals surface area contributed by atoms with Crippen LogP contribution in [-0.4, -0.2) is 5.75 Å². The van der Waals surface area contributed by atoms with Gasteiger partial charge in [-0.2, -0.15) is 0 Å². The fraction of sp³-hybridized carbons (Fsp3) is 0.250. The molecule has 0 spiro atoms. The Labute approximate surface area is 107 Å². The van der Waals surface area contributed by atoms with E-state index in [-0.39, 0.29) is 0 Å². The molecule has 88 valence electrons. The average Bonchev–Trinajstić information content (AvgIpc) is 2.40. The van der Waals surface area contributed by atoms with Gasteiger partial charge in [0.05, 0.1) is 0 Å². The zero-order valence-electron chi connectivity index (χ0n) is 10.3. The number of hydrogen-bond donors (Lipinski definition) is 0. The zero-order chi connectivity index (χ0) is 11.9. The van der Waals surface area contributed by atoms with Crippen LogP contribution >= 0.6 is 0 Å². The molecule has 2 rings (SSSR count). The molecule has 0 nitrogen and oxygen atoms in total. The summed E-state index contributed by atoms with van der Waals surface area (Å²) in [4.78, 5) is 0. The Morgan fingerprint density at radius 1 is 0.706 bits per heavy atom. The summed E-state index contributed by atoms with van der Waals surface area (Å²) in [6, 6.07) is 21.7. The van der Waals surface area contributed by atoms with Crippen LogP contribution in [0.1, 0.15) is 18.1 Å². The fourth-order valence-electron chi connectivity index (χ4n) is 1.88.